The first kappa shape index (κ1) is 14.5. The van der Waals surface area contributed by atoms with Crippen LogP contribution in [0, 0.1) is 6.92 Å². The number of nitrogens with two attached hydrogens (primary N) is 2. The van der Waals surface area contributed by atoms with E-state index in [0.717, 1.165) is 0 Å². The predicted molar refractivity (Wildman–Crippen MR) is 69.2 cm³/mol. The van der Waals surface area contributed by atoms with Crippen molar-refractivity contribution in [2.75, 3.05) is 12.3 Å². The van der Waals surface area contributed by atoms with E-state index in [2.05, 4.69) is 4.72 Å². The number of hydrogen-bond acceptors (Lipinski definition) is 4. The number of carbonyl (C=O) groups excluding carboxylic acids is 1. The Labute approximate surface area is 106 Å². The van der Waals surface area contributed by atoms with Gasteiger partial charge < -0.3 is 11.5 Å². The van der Waals surface area contributed by atoms with Crippen molar-refractivity contribution in [1.82, 2.24) is 4.72 Å². The van der Waals surface area contributed by atoms with Gasteiger partial charge in [-0.2, -0.15) is 0 Å². The third kappa shape index (κ3) is 3.71. The smallest absolute Gasteiger partial charge is 0.242 e. The Kier molecular flexibility index (Phi) is 4.69. The molecule has 100 valence electrons. The van der Waals surface area contributed by atoms with Crippen molar-refractivity contribution < 1.29 is 13.2 Å². The van der Waals surface area contributed by atoms with E-state index in [-0.39, 0.29) is 23.5 Å². The molecule has 0 saturated heterocycles. The van der Waals surface area contributed by atoms with Gasteiger partial charge in [-0.1, -0.05) is 12.1 Å². The zero-order valence-electron chi connectivity index (χ0n) is 10.1. The van der Waals surface area contributed by atoms with Crippen LogP contribution in [-0.2, 0) is 14.8 Å². The molecule has 1 rings (SSSR count). The fraction of sp³-hybridized carbons (Fsp3) is 0.364. The van der Waals surface area contributed by atoms with E-state index < -0.39 is 15.9 Å². The van der Waals surface area contributed by atoms with Crippen molar-refractivity contribution in [3.05, 3.63) is 23.8 Å². The molecule has 0 aromatic heterocycles. The maximum absolute atomic E-state index is 12.0. The summed E-state index contributed by atoms with van der Waals surface area (Å²) in [6.45, 7) is 1.83. The van der Waals surface area contributed by atoms with Crippen molar-refractivity contribution in [1.29, 1.82) is 0 Å². The lowest BCUT2D eigenvalue weighted by Gasteiger charge is -2.11. The average Bonchev–Trinajstić information content (AvgIpc) is 2.23. The van der Waals surface area contributed by atoms with Crippen LogP contribution in [0.5, 0.6) is 0 Å². The summed E-state index contributed by atoms with van der Waals surface area (Å²) in [6.07, 6.45) is 0.506. The third-order valence-electron chi connectivity index (χ3n) is 2.40. The topological polar surface area (TPSA) is 115 Å². The molecule has 1 amide bonds. The molecule has 6 nitrogen and oxygen atoms in total. The second-order valence-corrected chi connectivity index (χ2v) is 5.66. The molecule has 0 unspecified atom stereocenters. The molecule has 1 aromatic carbocycles. The molecule has 0 aliphatic rings. The van der Waals surface area contributed by atoms with E-state index in [9.17, 15) is 13.2 Å². The molecule has 0 aliphatic carbocycles. The SMILES string of the molecule is Cc1cccc(N)c1S(=O)(=O)NCCCC(N)=O. The van der Waals surface area contributed by atoms with Gasteiger partial charge in [0.25, 0.3) is 0 Å². The molecule has 7 heteroatoms. The summed E-state index contributed by atoms with van der Waals surface area (Å²) >= 11 is 0. The lowest BCUT2D eigenvalue weighted by molar-refractivity contribution is -0.118. The second kappa shape index (κ2) is 5.83. The number of nitrogens with one attached hydrogen (secondary N) is 1. The van der Waals surface area contributed by atoms with Gasteiger partial charge in [0, 0.05) is 13.0 Å². The maximum atomic E-state index is 12.0. The number of amides is 1. The van der Waals surface area contributed by atoms with Crippen LogP contribution in [-0.4, -0.2) is 20.9 Å². The number of aryl methyl sites for hydroxylation is 1. The lowest BCUT2D eigenvalue weighted by Crippen LogP contribution is -2.27. The number of benzene rings is 1. The van der Waals surface area contributed by atoms with Gasteiger partial charge in [0.15, 0.2) is 0 Å². The van der Waals surface area contributed by atoms with E-state index in [1.165, 1.54) is 6.07 Å². The fourth-order valence-corrected chi connectivity index (χ4v) is 3.01. The van der Waals surface area contributed by atoms with Crippen molar-refractivity contribution in [3.8, 4) is 0 Å². The second-order valence-electron chi connectivity index (χ2n) is 3.96. The third-order valence-corrected chi connectivity index (χ3v) is 4.08. The molecular weight excluding hydrogens is 254 g/mol. The quantitative estimate of drug-likeness (QED) is 0.503. The first-order valence-electron chi connectivity index (χ1n) is 5.47. The van der Waals surface area contributed by atoms with Gasteiger partial charge >= 0.3 is 0 Å². The Morgan fingerprint density at radius 1 is 1.39 bits per heavy atom. The summed E-state index contributed by atoms with van der Waals surface area (Å²) in [5.74, 6) is -0.454. The molecule has 0 saturated carbocycles. The number of primary amides is 1. The van der Waals surface area contributed by atoms with E-state index in [1.807, 2.05) is 0 Å². The molecule has 0 radical (unpaired) electrons. The molecule has 0 spiro atoms. The Bertz CT molecular complexity index is 520. The monoisotopic (exact) mass is 271 g/mol. The van der Waals surface area contributed by atoms with Crippen LogP contribution in [0.15, 0.2) is 23.1 Å². The van der Waals surface area contributed by atoms with Gasteiger partial charge in [0.1, 0.15) is 4.90 Å². The van der Waals surface area contributed by atoms with Crippen molar-refractivity contribution in [2.24, 2.45) is 5.73 Å². The van der Waals surface area contributed by atoms with Gasteiger partial charge in [0.2, 0.25) is 15.9 Å². The Morgan fingerprint density at radius 2 is 2.06 bits per heavy atom. The molecule has 18 heavy (non-hydrogen) atoms. The standard InChI is InChI=1S/C11H17N3O3S/c1-8-4-2-5-9(12)11(8)18(16,17)14-7-3-6-10(13)15/h2,4-5,14H,3,6-7,12H2,1H3,(H2,13,15). The van der Waals surface area contributed by atoms with E-state index >= 15 is 0 Å². The minimum atomic E-state index is -3.65. The maximum Gasteiger partial charge on any atom is 0.242 e. The molecule has 0 atom stereocenters. The van der Waals surface area contributed by atoms with Crippen LogP contribution in [0.2, 0.25) is 0 Å². The highest BCUT2D eigenvalue weighted by molar-refractivity contribution is 7.89. The van der Waals surface area contributed by atoms with Gasteiger partial charge in [-0.15, -0.1) is 0 Å². The lowest BCUT2D eigenvalue weighted by atomic mass is 10.2. The summed E-state index contributed by atoms with van der Waals surface area (Å²) < 4.78 is 26.4. The molecule has 5 N–H and O–H groups in total. The summed E-state index contributed by atoms with van der Waals surface area (Å²) in [7, 11) is -3.65. The van der Waals surface area contributed by atoms with Crippen LogP contribution in [0.25, 0.3) is 0 Å². The van der Waals surface area contributed by atoms with Gasteiger partial charge in [-0.3, -0.25) is 4.79 Å². The highest BCUT2D eigenvalue weighted by Crippen LogP contribution is 2.21. The Hall–Kier alpha value is -1.60. The summed E-state index contributed by atoms with van der Waals surface area (Å²) in [6, 6.07) is 4.90. The number of nitrogen functional groups attached to an aromatic ring is 1. The van der Waals surface area contributed by atoms with Crippen molar-refractivity contribution in [3.63, 3.8) is 0 Å². The zero-order valence-corrected chi connectivity index (χ0v) is 11.0. The summed E-state index contributed by atoms with van der Waals surface area (Å²) in [5.41, 5.74) is 11.4. The predicted octanol–water partition coefficient (Wildman–Crippen LogP) is 0.121. The highest BCUT2D eigenvalue weighted by atomic mass is 32.2. The number of rotatable bonds is 6. The average molecular weight is 271 g/mol. The molecule has 0 bridgehead atoms. The normalized spacial score (nSPS) is 11.4. The van der Waals surface area contributed by atoms with E-state index in [4.69, 9.17) is 11.5 Å². The van der Waals surface area contributed by atoms with Crippen LogP contribution < -0.4 is 16.2 Å². The number of carbonyl (C=O) groups is 1. The highest BCUT2D eigenvalue weighted by Gasteiger charge is 2.19. The largest absolute Gasteiger partial charge is 0.398 e. The molecule has 1 aromatic rings. The van der Waals surface area contributed by atoms with Crippen LogP contribution in [0.3, 0.4) is 0 Å². The zero-order chi connectivity index (χ0) is 13.8. The number of anilines is 1. The van der Waals surface area contributed by atoms with E-state index in [0.29, 0.717) is 12.0 Å². The number of hydrogen-bond donors (Lipinski definition) is 3. The molecule has 0 aliphatic heterocycles. The van der Waals surface area contributed by atoms with Gasteiger partial charge in [-0.05, 0) is 25.0 Å². The fourth-order valence-electron chi connectivity index (χ4n) is 1.58. The van der Waals surface area contributed by atoms with Gasteiger partial charge in [0.05, 0.1) is 5.69 Å². The summed E-state index contributed by atoms with van der Waals surface area (Å²) in [4.78, 5) is 10.6. The van der Waals surface area contributed by atoms with Gasteiger partial charge in [-0.25, -0.2) is 13.1 Å². The van der Waals surface area contributed by atoms with Crippen molar-refractivity contribution in [2.45, 2.75) is 24.7 Å². The first-order valence-corrected chi connectivity index (χ1v) is 6.96. The molecular formula is C11H17N3O3S. The van der Waals surface area contributed by atoms with Crippen LogP contribution >= 0.6 is 0 Å². The summed E-state index contributed by atoms with van der Waals surface area (Å²) in [5, 5.41) is 0. The van der Waals surface area contributed by atoms with Crippen molar-refractivity contribution >= 4 is 21.6 Å². The van der Waals surface area contributed by atoms with Crippen LogP contribution in [0.4, 0.5) is 5.69 Å². The minimum Gasteiger partial charge on any atom is -0.398 e. The first-order chi connectivity index (χ1) is 8.34. The Morgan fingerprint density at radius 3 is 2.61 bits per heavy atom. The van der Waals surface area contributed by atoms with Crippen LogP contribution in [0.1, 0.15) is 18.4 Å². The number of sulfonamides is 1. The van der Waals surface area contributed by atoms with E-state index in [1.54, 1.807) is 19.1 Å². The minimum absolute atomic E-state index is 0.0871. The molecule has 0 heterocycles. The Balaban J connectivity index is 2.78. The molecule has 0 fully saturated rings.